The molecule has 108 valence electrons. The van der Waals surface area contributed by atoms with Gasteiger partial charge in [-0.3, -0.25) is 0 Å². The molecule has 0 bridgehead atoms. The fourth-order valence-electron chi connectivity index (χ4n) is 1.95. The molecule has 0 saturated carbocycles. The summed E-state index contributed by atoms with van der Waals surface area (Å²) in [5, 5.41) is 0. The smallest absolute Gasteiger partial charge is 0.363 e. The first-order valence-corrected chi connectivity index (χ1v) is 7.51. The van der Waals surface area contributed by atoms with Gasteiger partial charge in [0.1, 0.15) is 0 Å². The van der Waals surface area contributed by atoms with Crippen LogP contribution in [0.3, 0.4) is 0 Å². The standard InChI is InChI=1S/C18H12BrNO2/c19-15-9-6-14(7-10-15)12-16-18(21)22-17(20-16)11-8-13-4-2-1-3-5-13/h1-12H. The van der Waals surface area contributed by atoms with Crippen LogP contribution in [0.1, 0.15) is 11.1 Å². The van der Waals surface area contributed by atoms with Crippen molar-refractivity contribution in [1.29, 1.82) is 0 Å². The second-order valence-corrected chi connectivity index (χ2v) is 5.58. The Labute approximate surface area is 136 Å². The van der Waals surface area contributed by atoms with E-state index in [0.29, 0.717) is 11.6 Å². The van der Waals surface area contributed by atoms with E-state index < -0.39 is 5.97 Å². The zero-order chi connectivity index (χ0) is 15.4. The van der Waals surface area contributed by atoms with Gasteiger partial charge in [0, 0.05) is 10.5 Å². The summed E-state index contributed by atoms with van der Waals surface area (Å²) in [6, 6.07) is 17.4. The van der Waals surface area contributed by atoms with Crippen molar-refractivity contribution < 1.29 is 9.53 Å². The van der Waals surface area contributed by atoms with Gasteiger partial charge in [0.2, 0.25) is 5.90 Å². The van der Waals surface area contributed by atoms with Crippen molar-refractivity contribution in [1.82, 2.24) is 0 Å². The molecule has 22 heavy (non-hydrogen) atoms. The van der Waals surface area contributed by atoms with E-state index in [9.17, 15) is 4.79 Å². The van der Waals surface area contributed by atoms with Crippen LogP contribution in [0, 0.1) is 0 Å². The number of esters is 1. The maximum absolute atomic E-state index is 11.8. The van der Waals surface area contributed by atoms with Gasteiger partial charge in [0.25, 0.3) is 0 Å². The molecular weight excluding hydrogens is 342 g/mol. The van der Waals surface area contributed by atoms with E-state index in [2.05, 4.69) is 20.9 Å². The normalized spacial score (nSPS) is 16.1. The lowest BCUT2D eigenvalue weighted by Crippen LogP contribution is -2.01. The van der Waals surface area contributed by atoms with Crippen molar-refractivity contribution in [2.45, 2.75) is 0 Å². The van der Waals surface area contributed by atoms with E-state index in [4.69, 9.17) is 4.74 Å². The van der Waals surface area contributed by atoms with E-state index >= 15 is 0 Å². The molecule has 0 atom stereocenters. The molecule has 0 spiro atoms. The predicted molar refractivity (Wildman–Crippen MR) is 91.1 cm³/mol. The van der Waals surface area contributed by atoms with Crippen molar-refractivity contribution in [2.24, 2.45) is 4.99 Å². The Bertz CT molecular complexity index is 774. The van der Waals surface area contributed by atoms with Gasteiger partial charge in [0.05, 0.1) is 0 Å². The number of hydrogen-bond donors (Lipinski definition) is 0. The number of ether oxygens (including phenoxy) is 1. The minimum Gasteiger partial charge on any atom is -0.403 e. The molecule has 0 aromatic heterocycles. The quantitative estimate of drug-likeness (QED) is 0.603. The number of carbonyl (C=O) groups excluding carboxylic acids is 1. The zero-order valence-corrected chi connectivity index (χ0v) is 13.2. The summed E-state index contributed by atoms with van der Waals surface area (Å²) in [5.74, 6) is -0.132. The van der Waals surface area contributed by atoms with Crippen molar-refractivity contribution in [3.05, 3.63) is 82.0 Å². The lowest BCUT2D eigenvalue weighted by atomic mass is 10.2. The number of cyclic esters (lactones) is 1. The average molecular weight is 354 g/mol. The average Bonchev–Trinajstić information content (AvgIpc) is 2.89. The van der Waals surface area contributed by atoms with Gasteiger partial charge in [-0.05, 0) is 35.4 Å². The number of carbonyl (C=O) groups is 1. The number of halogens is 1. The summed E-state index contributed by atoms with van der Waals surface area (Å²) >= 11 is 3.37. The lowest BCUT2D eigenvalue weighted by Gasteiger charge is -1.94. The molecule has 0 fully saturated rings. The number of rotatable bonds is 3. The van der Waals surface area contributed by atoms with Crippen LogP contribution in [0.25, 0.3) is 12.2 Å². The van der Waals surface area contributed by atoms with Crippen molar-refractivity contribution in [3.63, 3.8) is 0 Å². The van der Waals surface area contributed by atoms with Crippen LogP contribution in [0.15, 0.2) is 75.8 Å². The maximum Gasteiger partial charge on any atom is 0.363 e. The summed E-state index contributed by atoms with van der Waals surface area (Å²) in [7, 11) is 0. The highest BCUT2D eigenvalue weighted by Gasteiger charge is 2.20. The SMILES string of the molecule is O=C1OC(C=Cc2ccccc2)=NC1=Cc1ccc(Br)cc1. The Balaban J connectivity index is 1.79. The minimum atomic E-state index is -0.435. The molecule has 0 unspecified atom stereocenters. The van der Waals surface area contributed by atoms with E-state index in [1.54, 1.807) is 12.2 Å². The second-order valence-electron chi connectivity index (χ2n) is 4.66. The Morgan fingerprint density at radius 3 is 2.36 bits per heavy atom. The van der Waals surface area contributed by atoms with Crippen LogP contribution in [-0.2, 0) is 9.53 Å². The molecule has 0 radical (unpaired) electrons. The van der Waals surface area contributed by atoms with Crippen LogP contribution in [0.4, 0.5) is 0 Å². The number of nitrogens with zero attached hydrogens (tertiary/aromatic N) is 1. The number of benzene rings is 2. The maximum atomic E-state index is 11.8. The summed E-state index contributed by atoms with van der Waals surface area (Å²) in [5.41, 5.74) is 2.22. The minimum absolute atomic E-state index is 0.301. The third kappa shape index (κ3) is 3.59. The molecule has 2 aromatic carbocycles. The molecular formula is C18H12BrNO2. The molecule has 1 aliphatic heterocycles. The van der Waals surface area contributed by atoms with Gasteiger partial charge >= 0.3 is 5.97 Å². The summed E-state index contributed by atoms with van der Waals surface area (Å²) in [6.45, 7) is 0. The molecule has 3 rings (SSSR count). The summed E-state index contributed by atoms with van der Waals surface area (Å²) in [6.07, 6.45) is 5.25. The number of hydrogen-bond acceptors (Lipinski definition) is 3. The fraction of sp³-hybridized carbons (Fsp3) is 0. The fourth-order valence-corrected chi connectivity index (χ4v) is 2.21. The molecule has 0 N–H and O–H groups in total. The van der Waals surface area contributed by atoms with E-state index in [1.165, 1.54) is 0 Å². The van der Waals surface area contributed by atoms with Crippen molar-refractivity contribution >= 4 is 39.9 Å². The third-order valence-electron chi connectivity index (χ3n) is 3.03. The first-order valence-electron chi connectivity index (χ1n) is 6.72. The van der Waals surface area contributed by atoms with E-state index in [-0.39, 0.29) is 0 Å². The van der Waals surface area contributed by atoms with Gasteiger partial charge in [-0.1, -0.05) is 58.4 Å². The van der Waals surface area contributed by atoms with Gasteiger partial charge in [-0.25, -0.2) is 9.79 Å². The third-order valence-corrected chi connectivity index (χ3v) is 3.56. The van der Waals surface area contributed by atoms with Gasteiger partial charge < -0.3 is 4.74 Å². The molecule has 1 heterocycles. The molecule has 2 aromatic rings. The monoisotopic (exact) mass is 353 g/mol. The highest BCUT2D eigenvalue weighted by molar-refractivity contribution is 9.10. The largest absolute Gasteiger partial charge is 0.403 e. The highest BCUT2D eigenvalue weighted by atomic mass is 79.9. The van der Waals surface area contributed by atoms with Crippen LogP contribution < -0.4 is 0 Å². The van der Waals surface area contributed by atoms with Crippen LogP contribution in [0.5, 0.6) is 0 Å². The first-order chi connectivity index (χ1) is 10.7. The molecule has 0 aliphatic carbocycles. The van der Waals surface area contributed by atoms with Crippen LogP contribution in [0.2, 0.25) is 0 Å². The highest BCUT2D eigenvalue weighted by Crippen LogP contribution is 2.18. The van der Waals surface area contributed by atoms with Gasteiger partial charge in [-0.2, -0.15) is 0 Å². The van der Waals surface area contributed by atoms with E-state index in [0.717, 1.165) is 15.6 Å². The van der Waals surface area contributed by atoms with Crippen LogP contribution >= 0.6 is 15.9 Å². The van der Waals surface area contributed by atoms with Gasteiger partial charge in [0.15, 0.2) is 5.70 Å². The zero-order valence-electron chi connectivity index (χ0n) is 11.6. The van der Waals surface area contributed by atoms with Gasteiger partial charge in [-0.15, -0.1) is 0 Å². The Hall–Kier alpha value is -2.46. The topological polar surface area (TPSA) is 38.7 Å². The molecule has 1 aliphatic rings. The van der Waals surface area contributed by atoms with Crippen molar-refractivity contribution in [3.8, 4) is 0 Å². The Kier molecular flexibility index (Phi) is 4.30. The van der Waals surface area contributed by atoms with Crippen LogP contribution in [-0.4, -0.2) is 11.9 Å². The molecule has 3 nitrogen and oxygen atoms in total. The lowest BCUT2D eigenvalue weighted by molar-refractivity contribution is -0.129. The molecule has 0 saturated heterocycles. The predicted octanol–water partition coefficient (Wildman–Crippen LogP) is 4.46. The first kappa shape index (κ1) is 14.5. The summed E-state index contributed by atoms with van der Waals surface area (Å²) < 4.78 is 6.12. The Morgan fingerprint density at radius 2 is 1.64 bits per heavy atom. The van der Waals surface area contributed by atoms with E-state index in [1.807, 2.05) is 60.7 Å². The number of aliphatic imine (C=N–C) groups is 1. The van der Waals surface area contributed by atoms with Crippen molar-refractivity contribution in [2.75, 3.05) is 0 Å². The molecule has 4 heteroatoms. The summed E-state index contributed by atoms with van der Waals surface area (Å²) in [4.78, 5) is 16.0. The Morgan fingerprint density at radius 1 is 0.909 bits per heavy atom. The second kappa shape index (κ2) is 6.54. The molecule has 0 amide bonds.